The molecule has 0 aromatic heterocycles. The average Bonchev–Trinajstić information content (AvgIpc) is 2.97. The molecule has 2 fully saturated rings. The van der Waals surface area contributed by atoms with E-state index in [4.69, 9.17) is 4.74 Å². The molecule has 1 saturated heterocycles. The van der Waals surface area contributed by atoms with Gasteiger partial charge in [0.05, 0.1) is 17.6 Å². The van der Waals surface area contributed by atoms with Crippen molar-refractivity contribution in [3.63, 3.8) is 0 Å². The topological polar surface area (TPSA) is 75.7 Å². The van der Waals surface area contributed by atoms with Crippen LogP contribution in [0.2, 0.25) is 0 Å². The van der Waals surface area contributed by atoms with E-state index in [0.717, 1.165) is 19.2 Å². The highest BCUT2D eigenvalue weighted by molar-refractivity contribution is 7.90. The molecule has 1 aromatic rings. The van der Waals surface area contributed by atoms with Crippen LogP contribution in [0, 0.1) is 0 Å². The van der Waals surface area contributed by atoms with E-state index in [1.165, 1.54) is 64.2 Å². The summed E-state index contributed by atoms with van der Waals surface area (Å²) >= 11 is 0. The summed E-state index contributed by atoms with van der Waals surface area (Å²) in [6, 6.07) is 5.40. The van der Waals surface area contributed by atoms with Crippen molar-refractivity contribution < 1.29 is 17.9 Å². The van der Waals surface area contributed by atoms with Crippen molar-refractivity contribution in [2.24, 2.45) is 0 Å². The summed E-state index contributed by atoms with van der Waals surface area (Å²) in [4.78, 5) is 15.5. The van der Waals surface area contributed by atoms with Gasteiger partial charge in [-0.2, -0.15) is 0 Å². The molecule has 1 saturated carbocycles. The first-order valence-electron chi connectivity index (χ1n) is 10.3. The highest BCUT2D eigenvalue weighted by Gasteiger charge is 2.31. The van der Waals surface area contributed by atoms with E-state index in [9.17, 15) is 13.2 Å². The van der Waals surface area contributed by atoms with Crippen molar-refractivity contribution in [2.45, 2.75) is 68.3 Å². The van der Waals surface area contributed by atoms with Crippen LogP contribution in [0.25, 0.3) is 0 Å². The Morgan fingerprint density at radius 2 is 1.86 bits per heavy atom. The molecular weight excluding hydrogens is 376 g/mol. The molecule has 1 heterocycles. The fraction of sp³-hybridized carbons (Fsp3) is 0.667. The van der Waals surface area contributed by atoms with Gasteiger partial charge in [-0.25, -0.2) is 8.42 Å². The van der Waals surface area contributed by atoms with E-state index in [2.05, 4.69) is 10.2 Å². The van der Waals surface area contributed by atoms with Gasteiger partial charge in [0.15, 0.2) is 9.84 Å². The van der Waals surface area contributed by atoms with Gasteiger partial charge in [-0.3, -0.25) is 9.69 Å². The van der Waals surface area contributed by atoms with Gasteiger partial charge >= 0.3 is 0 Å². The molecule has 0 bridgehead atoms. The minimum atomic E-state index is -3.38. The zero-order valence-electron chi connectivity index (χ0n) is 16.9. The minimum absolute atomic E-state index is 0.124. The average molecular weight is 409 g/mol. The Bertz CT molecular complexity index is 786. The van der Waals surface area contributed by atoms with Gasteiger partial charge in [0.2, 0.25) is 0 Å². The molecule has 1 amide bonds. The standard InChI is InChI=1S/C21H32N2O4S/c1-27-20-12-11-18(28(2,25)26)14-19(20)21(24)22-15-17-10-7-13-23(17)16-8-5-3-4-6-9-16/h11-12,14,16-17H,3-10,13,15H2,1-2H3,(H,22,24). The van der Waals surface area contributed by atoms with Gasteiger partial charge < -0.3 is 10.1 Å². The summed E-state index contributed by atoms with van der Waals surface area (Å²) in [5.41, 5.74) is 0.268. The molecule has 1 unspecified atom stereocenters. The first-order chi connectivity index (χ1) is 13.4. The van der Waals surface area contributed by atoms with Gasteiger partial charge in [0.1, 0.15) is 5.75 Å². The van der Waals surface area contributed by atoms with Crippen LogP contribution in [0.4, 0.5) is 0 Å². The van der Waals surface area contributed by atoms with Crippen molar-refractivity contribution in [3.8, 4) is 5.75 Å². The number of likely N-dealkylation sites (tertiary alicyclic amines) is 1. The van der Waals surface area contributed by atoms with E-state index in [1.807, 2.05) is 0 Å². The van der Waals surface area contributed by atoms with E-state index in [1.54, 1.807) is 6.07 Å². The fourth-order valence-corrected chi connectivity index (χ4v) is 5.20. The van der Waals surface area contributed by atoms with Crippen molar-refractivity contribution in [3.05, 3.63) is 23.8 Å². The first-order valence-corrected chi connectivity index (χ1v) is 12.2. The number of hydrogen-bond donors (Lipinski definition) is 1. The number of carbonyl (C=O) groups is 1. The lowest BCUT2D eigenvalue weighted by atomic mass is 10.1. The molecule has 3 rings (SSSR count). The molecule has 0 spiro atoms. The highest BCUT2D eigenvalue weighted by atomic mass is 32.2. The molecule has 2 aliphatic rings. The number of rotatable bonds is 6. The molecule has 28 heavy (non-hydrogen) atoms. The summed E-state index contributed by atoms with van der Waals surface area (Å²) in [5.74, 6) is 0.104. The lowest BCUT2D eigenvalue weighted by molar-refractivity contribution is 0.0924. The molecule has 156 valence electrons. The van der Waals surface area contributed by atoms with Crippen LogP contribution in [0.5, 0.6) is 5.75 Å². The second kappa shape index (κ2) is 9.27. The Kier molecular flexibility index (Phi) is 6.99. The summed E-state index contributed by atoms with van der Waals surface area (Å²) in [6.45, 7) is 1.69. The predicted octanol–water partition coefficient (Wildman–Crippen LogP) is 3.02. The minimum Gasteiger partial charge on any atom is -0.496 e. The lowest BCUT2D eigenvalue weighted by Crippen LogP contribution is -2.45. The van der Waals surface area contributed by atoms with Crippen molar-refractivity contribution in [2.75, 3.05) is 26.5 Å². The van der Waals surface area contributed by atoms with Crippen molar-refractivity contribution in [1.29, 1.82) is 0 Å². The van der Waals surface area contributed by atoms with Crippen LogP contribution in [-0.2, 0) is 9.84 Å². The zero-order chi connectivity index (χ0) is 20.1. The molecule has 6 nitrogen and oxygen atoms in total. The van der Waals surface area contributed by atoms with Crippen molar-refractivity contribution in [1.82, 2.24) is 10.2 Å². The van der Waals surface area contributed by atoms with E-state index >= 15 is 0 Å². The molecule has 1 N–H and O–H groups in total. The number of sulfone groups is 1. The summed E-state index contributed by atoms with van der Waals surface area (Å²) < 4.78 is 29.0. The Morgan fingerprint density at radius 1 is 1.14 bits per heavy atom. The maximum Gasteiger partial charge on any atom is 0.255 e. The van der Waals surface area contributed by atoms with Crippen LogP contribution in [-0.4, -0.2) is 57.8 Å². The van der Waals surface area contributed by atoms with E-state index in [-0.39, 0.29) is 16.4 Å². The van der Waals surface area contributed by atoms with E-state index in [0.29, 0.717) is 24.4 Å². The highest BCUT2D eigenvalue weighted by Crippen LogP contribution is 2.28. The Hall–Kier alpha value is -1.60. The van der Waals surface area contributed by atoms with Crippen LogP contribution < -0.4 is 10.1 Å². The fourth-order valence-electron chi connectivity index (χ4n) is 4.55. The molecule has 1 aromatic carbocycles. The maximum atomic E-state index is 12.8. The number of amides is 1. The first kappa shape index (κ1) is 21.1. The van der Waals surface area contributed by atoms with Gasteiger partial charge in [0.25, 0.3) is 5.91 Å². The van der Waals surface area contributed by atoms with Gasteiger partial charge in [0, 0.05) is 24.9 Å². The monoisotopic (exact) mass is 408 g/mol. The smallest absolute Gasteiger partial charge is 0.255 e. The van der Waals surface area contributed by atoms with Gasteiger partial charge in [-0.15, -0.1) is 0 Å². The van der Waals surface area contributed by atoms with Crippen LogP contribution in [0.15, 0.2) is 23.1 Å². The number of methoxy groups -OCH3 is 1. The maximum absolute atomic E-state index is 12.8. The normalized spacial score (nSPS) is 22.0. The molecule has 0 radical (unpaired) electrons. The summed E-state index contributed by atoms with van der Waals surface area (Å²) in [5, 5.41) is 3.02. The third kappa shape index (κ3) is 5.06. The van der Waals surface area contributed by atoms with Crippen molar-refractivity contribution >= 4 is 15.7 Å². The number of benzene rings is 1. The second-order valence-corrected chi connectivity index (χ2v) is 10.0. The molecule has 7 heteroatoms. The quantitative estimate of drug-likeness (QED) is 0.733. The third-order valence-corrected chi connectivity index (χ3v) is 7.17. The second-order valence-electron chi connectivity index (χ2n) is 8.02. The van der Waals surface area contributed by atoms with Crippen LogP contribution in [0.1, 0.15) is 61.7 Å². The SMILES string of the molecule is COc1ccc(S(C)(=O)=O)cc1C(=O)NCC1CCCN1C1CCCCCC1. The lowest BCUT2D eigenvalue weighted by Gasteiger charge is -2.32. The van der Waals surface area contributed by atoms with Gasteiger partial charge in [-0.05, 0) is 50.4 Å². The Labute approximate surface area is 168 Å². The summed E-state index contributed by atoms with van der Waals surface area (Å²) in [6.07, 6.45) is 11.2. The van der Waals surface area contributed by atoms with Crippen LogP contribution in [0.3, 0.4) is 0 Å². The number of nitrogens with one attached hydrogen (secondary N) is 1. The van der Waals surface area contributed by atoms with Crippen LogP contribution >= 0.6 is 0 Å². The molecule has 1 aliphatic heterocycles. The summed E-state index contributed by atoms with van der Waals surface area (Å²) in [7, 11) is -1.90. The zero-order valence-corrected chi connectivity index (χ0v) is 17.8. The van der Waals surface area contributed by atoms with E-state index < -0.39 is 9.84 Å². The largest absolute Gasteiger partial charge is 0.496 e. The number of nitrogens with zero attached hydrogens (tertiary/aromatic N) is 1. The third-order valence-electron chi connectivity index (χ3n) is 6.06. The number of hydrogen-bond acceptors (Lipinski definition) is 5. The van der Waals surface area contributed by atoms with Gasteiger partial charge in [-0.1, -0.05) is 25.7 Å². The molecule has 1 atom stereocenters. The number of carbonyl (C=O) groups excluding carboxylic acids is 1. The predicted molar refractivity (Wildman–Crippen MR) is 110 cm³/mol. The molecular formula is C21H32N2O4S. The Morgan fingerprint density at radius 3 is 2.50 bits per heavy atom. The molecule has 1 aliphatic carbocycles. The number of ether oxygens (including phenoxy) is 1. The Balaban J connectivity index is 1.67.